The fraction of sp³-hybridized carbons (Fsp3) is 0.500. The molecule has 2 nitrogen and oxygen atoms in total. The third-order valence-corrected chi connectivity index (χ3v) is 4.71. The summed E-state index contributed by atoms with van der Waals surface area (Å²) in [5.41, 5.74) is 1.01. The Kier molecular flexibility index (Phi) is 2.16. The first-order valence-electron chi connectivity index (χ1n) is 3.12. The Morgan fingerprint density at radius 1 is 1.56 bits per heavy atom. The first-order valence-corrected chi connectivity index (χ1v) is 11.4. The van der Waals surface area contributed by atoms with Crippen LogP contribution >= 0.6 is 0 Å². The van der Waals surface area contributed by atoms with Crippen LogP contribution in [0.4, 0.5) is 0 Å². The monoisotopic (exact) mass is 233 g/mol. The second-order valence-corrected chi connectivity index (χ2v) is 10.5. The number of oxazole rings is 1. The van der Waals surface area contributed by atoms with E-state index in [-0.39, 0.29) is 0 Å². The van der Waals surface area contributed by atoms with Crippen molar-refractivity contribution in [1.82, 2.24) is 4.98 Å². The normalized spacial score (nSPS) is 10.7. The van der Waals surface area contributed by atoms with Crippen LogP contribution in [0, 0.1) is 6.92 Å². The van der Waals surface area contributed by atoms with Crippen LogP contribution in [0.1, 0.15) is 5.69 Å². The third kappa shape index (κ3) is 1.71. The van der Waals surface area contributed by atoms with Crippen molar-refractivity contribution in [2.75, 3.05) is 0 Å². The molecule has 0 spiro atoms. The van der Waals surface area contributed by atoms with Gasteiger partial charge in [-0.2, -0.15) is 0 Å². The van der Waals surface area contributed by atoms with E-state index >= 15 is 0 Å². The van der Waals surface area contributed by atoms with E-state index in [0.29, 0.717) is 0 Å². The fourth-order valence-corrected chi connectivity index (χ4v) is 2.93. The summed E-state index contributed by atoms with van der Waals surface area (Å²) in [4.78, 5) is 8.78. The Bertz CT molecular complexity index is 195. The van der Waals surface area contributed by atoms with E-state index in [1.165, 1.54) is 0 Å². The maximum atomic E-state index is 5.21. The molecule has 0 aliphatic rings. The summed E-state index contributed by atoms with van der Waals surface area (Å²) in [6.07, 6.45) is 1.73. The van der Waals surface area contributed by atoms with Crippen molar-refractivity contribution in [1.29, 1.82) is 0 Å². The van der Waals surface area contributed by atoms with Gasteiger partial charge in [-0.3, -0.25) is 0 Å². The predicted octanol–water partition coefficient (Wildman–Crippen LogP) is 0.677. The average Bonchev–Trinajstić information content (AvgIpc) is 2.14. The summed E-state index contributed by atoms with van der Waals surface area (Å²) in [7, 11) is 0. The standard InChI is InChI=1S/C4H4NO.2CH3.Sn.H/c1-4-2-6-3-5-4;;;;/h2H,1H3;2*1H3;;. The van der Waals surface area contributed by atoms with Crippen molar-refractivity contribution >= 4 is 23.7 Å². The van der Waals surface area contributed by atoms with Crippen LogP contribution in [0.5, 0.6) is 0 Å². The molecule has 1 rings (SSSR count). The van der Waals surface area contributed by atoms with Crippen molar-refractivity contribution in [2.24, 2.45) is 0 Å². The van der Waals surface area contributed by atoms with Gasteiger partial charge in [0.2, 0.25) is 0 Å². The summed E-state index contributed by atoms with van der Waals surface area (Å²) in [6.45, 7) is 1.96. The van der Waals surface area contributed by atoms with Gasteiger partial charge in [0.15, 0.2) is 0 Å². The molecule has 0 aromatic carbocycles. The molecule has 0 aliphatic heterocycles. The molecule has 1 heterocycles. The van der Waals surface area contributed by atoms with E-state index in [1.807, 2.05) is 6.92 Å². The van der Waals surface area contributed by atoms with Gasteiger partial charge in [0, 0.05) is 0 Å². The van der Waals surface area contributed by atoms with Crippen LogP contribution in [0.3, 0.4) is 0 Å². The second kappa shape index (κ2) is 2.73. The topological polar surface area (TPSA) is 26.0 Å². The Labute approximate surface area is 62.0 Å². The van der Waals surface area contributed by atoms with Crippen molar-refractivity contribution in [3.63, 3.8) is 0 Å². The summed E-state index contributed by atoms with van der Waals surface area (Å²) in [6, 6.07) is 0. The number of hydrogen-bond acceptors (Lipinski definition) is 2. The van der Waals surface area contributed by atoms with Crippen LogP contribution in [-0.2, 0) is 0 Å². The quantitative estimate of drug-likeness (QED) is 0.665. The Balaban J connectivity index is 2.85. The zero-order chi connectivity index (χ0) is 6.85. The first kappa shape index (κ1) is 7.12. The molecule has 0 fully saturated rings. The van der Waals surface area contributed by atoms with Gasteiger partial charge in [-0.05, 0) is 0 Å². The van der Waals surface area contributed by atoms with Crippen LogP contribution in [-0.4, -0.2) is 24.7 Å². The minimum absolute atomic E-state index is 1.01. The number of aryl methyl sites for hydroxylation is 1. The van der Waals surface area contributed by atoms with Crippen LogP contribution < -0.4 is 3.91 Å². The SMILES string of the molecule is Cc1co[c]([SnH]([CH3])[CH3])n1. The number of aromatic nitrogens is 1. The summed E-state index contributed by atoms with van der Waals surface area (Å²) in [5.74, 6) is 0. The molecular formula is C6H11NOSn. The molecule has 1 aromatic heterocycles. The molecule has 0 bridgehead atoms. The third-order valence-electron chi connectivity index (χ3n) is 1.13. The molecule has 0 atom stereocenters. The number of hydrogen-bond donors (Lipinski definition) is 0. The molecule has 0 aliphatic carbocycles. The van der Waals surface area contributed by atoms with Crippen molar-refractivity contribution in [3.05, 3.63) is 12.0 Å². The van der Waals surface area contributed by atoms with E-state index in [2.05, 4.69) is 14.9 Å². The molecule has 1 aromatic rings. The van der Waals surface area contributed by atoms with Gasteiger partial charge in [-0.25, -0.2) is 0 Å². The van der Waals surface area contributed by atoms with Gasteiger partial charge in [-0.15, -0.1) is 0 Å². The van der Waals surface area contributed by atoms with E-state index in [1.54, 1.807) is 6.26 Å². The zero-order valence-corrected chi connectivity index (χ0v) is 9.31. The van der Waals surface area contributed by atoms with E-state index in [4.69, 9.17) is 4.42 Å². The maximum absolute atomic E-state index is 5.21. The Hall–Kier alpha value is 0.00870. The molecule has 3 heteroatoms. The van der Waals surface area contributed by atoms with Crippen molar-refractivity contribution in [2.45, 2.75) is 16.8 Å². The van der Waals surface area contributed by atoms with Gasteiger partial charge in [0.05, 0.1) is 0 Å². The summed E-state index contributed by atoms with van der Waals surface area (Å²) < 4.78 is 6.24. The molecule has 0 unspecified atom stereocenters. The second-order valence-electron chi connectivity index (χ2n) is 2.48. The number of rotatable bonds is 1. The Morgan fingerprint density at radius 2 is 2.22 bits per heavy atom. The van der Waals surface area contributed by atoms with Crippen LogP contribution in [0.2, 0.25) is 9.88 Å². The molecule has 0 saturated heterocycles. The molecule has 0 N–H and O–H groups in total. The van der Waals surface area contributed by atoms with Gasteiger partial charge >= 0.3 is 61.8 Å². The molecular weight excluding hydrogens is 221 g/mol. The van der Waals surface area contributed by atoms with E-state index in [0.717, 1.165) is 9.60 Å². The zero-order valence-electron chi connectivity index (χ0n) is 6.01. The predicted molar refractivity (Wildman–Crippen MR) is 39.8 cm³/mol. The average molecular weight is 232 g/mol. The summed E-state index contributed by atoms with van der Waals surface area (Å²) >= 11 is -1.39. The minimum atomic E-state index is -1.39. The van der Waals surface area contributed by atoms with Gasteiger partial charge in [0.1, 0.15) is 0 Å². The van der Waals surface area contributed by atoms with E-state index < -0.39 is 19.8 Å². The van der Waals surface area contributed by atoms with Crippen molar-refractivity contribution < 1.29 is 4.42 Å². The Morgan fingerprint density at radius 3 is 2.44 bits per heavy atom. The molecule has 50 valence electrons. The van der Waals surface area contributed by atoms with Crippen molar-refractivity contribution in [3.8, 4) is 0 Å². The van der Waals surface area contributed by atoms with E-state index in [9.17, 15) is 0 Å². The molecule has 0 radical (unpaired) electrons. The van der Waals surface area contributed by atoms with Gasteiger partial charge < -0.3 is 0 Å². The molecule has 0 saturated carbocycles. The fourth-order valence-electron chi connectivity index (χ4n) is 0.637. The van der Waals surface area contributed by atoms with Crippen LogP contribution in [0.15, 0.2) is 10.7 Å². The van der Waals surface area contributed by atoms with Crippen LogP contribution in [0.25, 0.3) is 0 Å². The molecule has 9 heavy (non-hydrogen) atoms. The summed E-state index contributed by atoms with van der Waals surface area (Å²) in [5, 5.41) is 0. The number of nitrogens with zero attached hydrogens (tertiary/aromatic N) is 1. The van der Waals surface area contributed by atoms with Gasteiger partial charge in [0.25, 0.3) is 0 Å². The molecule has 0 amide bonds. The first-order chi connectivity index (χ1) is 4.20. The van der Waals surface area contributed by atoms with Gasteiger partial charge in [-0.1, -0.05) is 0 Å².